The Balaban J connectivity index is 1.24. The molecule has 0 aliphatic carbocycles. The van der Waals surface area contributed by atoms with Gasteiger partial charge in [0.25, 0.3) is 5.91 Å². The molecule has 0 atom stereocenters. The SMILES string of the molecule is CCOc1ccc2nc(N3CCN(CCNC(=O)c4ccc(C(C)=O)cc4)CC3)sc2c1. The van der Waals surface area contributed by atoms with Gasteiger partial charge in [-0.1, -0.05) is 23.5 Å². The third kappa shape index (κ3) is 5.26. The lowest BCUT2D eigenvalue weighted by Gasteiger charge is -2.34. The van der Waals surface area contributed by atoms with Crippen molar-refractivity contribution >= 4 is 38.4 Å². The molecule has 1 saturated heterocycles. The number of hydrogen-bond acceptors (Lipinski definition) is 7. The number of Topliss-reactive ketones (excluding diaryl/α,β-unsaturated/α-hetero) is 1. The molecule has 0 unspecified atom stereocenters. The number of rotatable bonds is 8. The number of aromatic nitrogens is 1. The van der Waals surface area contributed by atoms with Crippen LogP contribution in [-0.2, 0) is 0 Å². The van der Waals surface area contributed by atoms with Crippen LogP contribution in [0, 0.1) is 0 Å². The molecule has 1 amide bonds. The van der Waals surface area contributed by atoms with E-state index in [-0.39, 0.29) is 11.7 Å². The molecule has 1 fully saturated rings. The molecule has 2 aromatic carbocycles. The highest BCUT2D eigenvalue weighted by atomic mass is 32.1. The zero-order valence-corrected chi connectivity index (χ0v) is 19.3. The third-order valence-corrected chi connectivity index (χ3v) is 6.65. The predicted molar refractivity (Wildman–Crippen MR) is 128 cm³/mol. The molecule has 0 bridgehead atoms. The van der Waals surface area contributed by atoms with Crippen LogP contribution in [0.5, 0.6) is 5.75 Å². The summed E-state index contributed by atoms with van der Waals surface area (Å²) in [4.78, 5) is 33.1. The highest BCUT2D eigenvalue weighted by Crippen LogP contribution is 2.31. The smallest absolute Gasteiger partial charge is 0.251 e. The van der Waals surface area contributed by atoms with Gasteiger partial charge in [0, 0.05) is 50.4 Å². The average Bonchev–Trinajstić information content (AvgIpc) is 3.23. The first-order valence-electron chi connectivity index (χ1n) is 10.9. The van der Waals surface area contributed by atoms with Crippen molar-refractivity contribution in [3.05, 3.63) is 53.6 Å². The number of thiazole rings is 1. The number of carbonyl (C=O) groups excluding carboxylic acids is 2. The van der Waals surface area contributed by atoms with Gasteiger partial charge in [-0.15, -0.1) is 0 Å². The van der Waals surface area contributed by atoms with Gasteiger partial charge in [-0.25, -0.2) is 4.98 Å². The summed E-state index contributed by atoms with van der Waals surface area (Å²) in [6, 6.07) is 12.8. The summed E-state index contributed by atoms with van der Waals surface area (Å²) in [5, 5.41) is 4.02. The van der Waals surface area contributed by atoms with Gasteiger partial charge in [0.05, 0.1) is 16.8 Å². The van der Waals surface area contributed by atoms with Crippen molar-refractivity contribution in [1.82, 2.24) is 15.2 Å². The molecular formula is C24H28N4O3S. The molecule has 1 aliphatic heterocycles. The van der Waals surface area contributed by atoms with Crippen LogP contribution in [0.1, 0.15) is 34.6 Å². The van der Waals surface area contributed by atoms with Crippen LogP contribution < -0.4 is 15.0 Å². The van der Waals surface area contributed by atoms with Crippen LogP contribution in [0.3, 0.4) is 0 Å². The lowest BCUT2D eigenvalue weighted by molar-refractivity contribution is 0.0945. The van der Waals surface area contributed by atoms with Crippen molar-refractivity contribution in [3.63, 3.8) is 0 Å². The Morgan fingerprint density at radius 1 is 1.06 bits per heavy atom. The number of nitrogens with one attached hydrogen (secondary N) is 1. The fourth-order valence-corrected chi connectivity index (χ4v) is 4.78. The molecule has 1 N–H and O–H groups in total. The first-order valence-corrected chi connectivity index (χ1v) is 11.7. The molecule has 0 spiro atoms. The van der Waals surface area contributed by atoms with Crippen molar-refractivity contribution in [2.45, 2.75) is 13.8 Å². The van der Waals surface area contributed by atoms with E-state index in [2.05, 4.69) is 21.2 Å². The highest BCUT2D eigenvalue weighted by Gasteiger charge is 2.20. The number of amides is 1. The molecule has 4 rings (SSSR count). The van der Waals surface area contributed by atoms with Gasteiger partial charge in [0.2, 0.25) is 0 Å². The lowest BCUT2D eigenvalue weighted by atomic mass is 10.1. The normalized spacial score (nSPS) is 14.5. The Kier molecular flexibility index (Phi) is 7.02. The van der Waals surface area contributed by atoms with E-state index in [4.69, 9.17) is 9.72 Å². The van der Waals surface area contributed by atoms with E-state index in [9.17, 15) is 9.59 Å². The summed E-state index contributed by atoms with van der Waals surface area (Å²) in [5.41, 5.74) is 2.19. The summed E-state index contributed by atoms with van der Waals surface area (Å²) in [7, 11) is 0. The fraction of sp³-hybridized carbons (Fsp3) is 0.375. The molecule has 2 heterocycles. The predicted octanol–water partition coefficient (Wildman–Crippen LogP) is 3.45. The molecule has 1 aliphatic rings. The zero-order chi connectivity index (χ0) is 22.5. The van der Waals surface area contributed by atoms with Gasteiger partial charge in [-0.2, -0.15) is 0 Å². The molecule has 0 radical (unpaired) electrons. The second kappa shape index (κ2) is 10.1. The maximum absolute atomic E-state index is 12.3. The van der Waals surface area contributed by atoms with Crippen molar-refractivity contribution < 1.29 is 14.3 Å². The van der Waals surface area contributed by atoms with Gasteiger partial charge >= 0.3 is 0 Å². The number of ketones is 1. The number of anilines is 1. The van der Waals surface area contributed by atoms with Crippen molar-refractivity contribution in [2.75, 3.05) is 50.8 Å². The van der Waals surface area contributed by atoms with E-state index in [1.807, 2.05) is 19.1 Å². The quantitative estimate of drug-likeness (QED) is 0.528. The third-order valence-electron chi connectivity index (χ3n) is 5.57. The molecule has 32 heavy (non-hydrogen) atoms. The minimum atomic E-state index is -0.111. The highest BCUT2D eigenvalue weighted by molar-refractivity contribution is 7.22. The Morgan fingerprint density at radius 2 is 1.78 bits per heavy atom. The molecular weight excluding hydrogens is 424 g/mol. The van der Waals surface area contributed by atoms with Crippen LogP contribution in [0.2, 0.25) is 0 Å². The summed E-state index contributed by atoms with van der Waals surface area (Å²) in [6.07, 6.45) is 0. The molecule has 168 valence electrons. The topological polar surface area (TPSA) is 74.8 Å². The van der Waals surface area contributed by atoms with Gasteiger partial charge < -0.3 is 15.0 Å². The Labute approximate surface area is 192 Å². The number of benzene rings is 2. The maximum atomic E-state index is 12.3. The van der Waals surface area contributed by atoms with Crippen LogP contribution in [0.4, 0.5) is 5.13 Å². The monoisotopic (exact) mass is 452 g/mol. The van der Waals surface area contributed by atoms with E-state index in [0.29, 0.717) is 24.3 Å². The van der Waals surface area contributed by atoms with Crippen LogP contribution in [0.15, 0.2) is 42.5 Å². The van der Waals surface area contributed by atoms with Gasteiger partial charge in [-0.05, 0) is 44.2 Å². The van der Waals surface area contributed by atoms with Crippen LogP contribution >= 0.6 is 11.3 Å². The molecule has 1 aromatic heterocycles. The minimum Gasteiger partial charge on any atom is -0.494 e. The number of hydrogen-bond donors (Lipinski definition) is 1. The molecule has 0 saturated carbocycles. The molecule has 7 nitrogen and oxygen atoms in total. The molecule has 8 heteroatoms. The summed E-state index contributed by atoms with van der Waals surface area (Å²) >= 11 is 1.71. The van der Waals surface area contributed by atoms with E-state index in [1.165, 1.54) is 6.92 Å². The first-order chi connectivity index (χ1) is 15.5. The van der Waals surface area contributed by atoms with Crippen LogP contribution in [-0.4, -0.2) is 67.4 Å². The van der Waals surface area contributed by atoms with E-state index < -0.39 is 0 Å². The first kappa shape index (κ1) is 22.2. The van der Waals surface area contributed by atoms with Gasteiger partial charge in [0.15, 0.2) is 10.9 Å². The fourth-order valence-electron chi connectivity index (χ4n) is 3.73. The van der Waals surface area contributed by atoms with Crippen molar-refractivity contribution in [2.24, 2.45) is 0 Å². The van der Waals surface area contributed by atoms with Crippen molar-refractivity contribution in [1.29, 1.82) is 0 Å². The molecule has 3 aromatic rings. The number of nitrogens with zero attached hydrogens (tertiary/aromatic N) is 3. The van der Waals surface area contributed by atoms with Gasteiger partial charge in [0.1, 0.15) is 5.75 Å². The van der Waals surface area contributed by atoms with Crippen LogP contribution in [0.25, 0.3) is 10.2 Å². The number of carbonyl (C=O) groups is 2. The second-order valence-electron chi connectivity index (χ2n) is 7.78. The number of piperazine rings is 1. The Bertz CT molecular complexity index is 1090. The average molecular weight is 453 g/mol. The second-order valence-corrected chi connectivity index (χ2v) is 8.79. The Morgan fingerprint density at radius 3 is 2.47 bits per heavy atom. The van der Waals surface area contributed by atoms with E-state index in [1.54, 1.807) is 35.6 Å². The van der Waals surface area contributed by atoms with E-state index in [0.717, 1.165) is 53.8 Å². The van der Waals surface area contributed by atoms with Crippen molar-refractivity contribution in [3.8, 4) is 5.75 Å². The number of fused-ring (bicyclic) bond motifs is 1. The number of ether oxygens (including phenoxy) is 1. The largest absolute Gasteiger partial charge is 0.494 e. The summed E-state index contributed by atoms with van der Waals surface area (Å²) in [6.45, 7) is 9.26. The van der Waals surface area contributed by atoms with Gasteiger partial charge in [-0.3, -0.25) is 14.5 Å². The maximum Gasteiger partial charge on any atom is 0.251 e. The lowest BCUT2D eigenvalue weighted by Crippen LogP contribution is -2.48. The summed E-state index contributed by atoms with van der Waals surface area (Å²) in [5.74, 6) is 0.772. The standard InChI is InChI=1S/C24H28N4O3S/c1-3-31-20-8-9-21-22(16-20)32-24(26-21)28-14-12-27(13-15-28)11-10-25-23(30)19-6-4-18(5-7-19)17(2)29/h4-9,16H,3,10-15H2,1-2H3,(H,25,30). The minimum absolute atomic E-state index is 0.00259. The zero-order valence-electron chi connectivity index (χ0n) is 18.5. The summed E-state index contributed by atoms with van der Waals surface area (Å²) < 4.78 is 6.74. The van der Waals surface area contributed by atoms with E-state index >= 15 is 0 Å². The Hall–Kier alpha value is -2.97.